The molecule has 1 atom stereocenters. The highest BCUT2D eigenvalue weighted by molar-refractivity contribution is 8.00. The zero-order chi connectivity index (χ0) is 12.0. The van der Waals surface area contributed by atoms with Gasteiger partial charge < -0.3 is 9.64 Å². The van der Waals surface area contributed by atoms with Crippen molar-refractivity contribution in [1.29, 1.82) is 0 Å². The number of methoxy groups -OCH3 is 1. The number of rotatable bonds is 6. The van der Waals surface area contributed by atoms with Gasteiger partial charge in [0.05, 0.1) is 7.11 Å². The van der Waals surface area contributed by atoms with E-state index >= 15 is 0 Å². The predicted molar refractivity (Wildman–Crippen MR) is 70.1 cm³/mol. The fourth-order valence-electron chi connectivity index (χ4n) is 1.18. The molecule has 0 aliphatic heterocycles. The summed E-state index contributed by atoms with van der Waals surface area (Å²) >= 11 is 3.23. The lowest BCUT2D eigenvalue weighted by molar-refractivity contribution is -0.140. The van der Waals surface area contributed by atoms with Crippen LogP contribution in [0.4, 0.5) is 0 Å². The standard InChI is InChI=1S/C11H17NO2S2/c1-12(2)5-7-16-10(11(13)14-3)9-4-6-15-8-9/h4,6,8,10H,5,7H2,1-3H3/t10-/m0/s1. The maximum atomic E-state index is 11.6. The first-order valence-corrected chi connectivity index (χ1v) is 7.00. The molecule has 0 fully saturated rings. The van der Waals surface area contributed by atoms with Gasteiger partial charge in [-0.25, -0.2) is 0 Å². The summed E-state index contributed by atoms with van der Waals surface area (Å²) < 4.78 is 4.82. The molecule has 1 heterocycles. The summed E-state index contributed by atoms with van der Waals surface area (Å²) in [7, 11) is 5.49. The quantitative estimate of drug-likeness (QED) is 0.733. The minimum atomic E-state index is -0.184. The van der Waals surface area contributed by atoms with Crippen LogP contribution >= 0.6 is 23.1 Å². The van der Waals surface area contributed by atoms with Crippen molar-refractivity contribution >= 4 is 29.1 Å². The molecule has 0 bridgehead atoms. The first-order chi connectivity index (χ1) is 7.65. The number of thioether (sulfide) groups is 1. The van der Waals surface area contributed by atoms with Gasteiger partial charge >= 0.3 is 5.97 Å². The van der Waals surface area contributed by atoms with Crippen LogP contribution in [-0.4, -0.2) is 44.4 Å². The van der Waals surface area contributed by atoms with E-state index in [0.717, 1.165) is 17.9 Å². The third kappa shape index (κ3) is 4.15. The molecule has 16 heavy (non-hydrogen) atoms. The van der Waals surface area contributed by atoms with Gasteiger partial charge in [-0.15, -0.1) is 11.8 Å². The zero-order valence-electron chi connectivity index (χ0n) is 9.80. The molecule has 3 nitrogen and oxygen atoms in total. The fourth-order valence-corrected chi connectivity index (χ4v) is 3.23. The van der Waals surface area contributed by atoms with Gasteiger partial charge in [0, 0.05) is 12.3 Å². The summed E-state index contributed by atoms with van der Waals surface area (Å²) in [5.41, 5.74) is 1.04. The van der Waals surface area contributed by atoms with E-state index in [-0.39, 0.29) is 11.2 Å². The van der Waals surface area contributed by atoms with Crippen LogP contribution in [0.1, 0.15) is 10.8 Å². The first-order valence-electron chi connectivity index (χ1n) is 5.01. The maximum absolute atomic E-state index is 11.6. The minimum Gasteiger partial charge on any atom is -0.468 e. The number of hydrogen-bond donors (Lipinski definition) is 0. The lowest BCUT2D eigenvalue weighted by atomic mass is 10.2. The molecule has 0 radical (unpaired) electrons. The summed E-state index contributed by atoms with van der Waals surface area (Å²) in [4.78, 5) is 13.7. The van der Waals surface area contributed by atoms with Crippen molar-refractivity contribution in [2.45, 2.75) is 5.25 Å². The van der Waals surface area contributed by atoms with Crippen LogP contribution in [0.5, 0.6) is 0 Å². The van der Waals surface area contributed by atoms with Crippen molar-refractivity contribution in [2.24, 2.45) is 0 Å². The Balaban J connectivity index is 2.55. The van der Waals surface area contributed by atoms with E-state index in [2.05, 4.69) is 4.90 Å². The van der Waals surface area contributed by atoms with Crippen molar-refractivity contribution in [3.8, 4) is 0 Å². The highest BCUT2D eigenvalue weighted by Gasteiger charge is 2.21. The molecule has 0 unspecified atom stereocenters. The van der Waals surface area contributed by atoms with E-state index in [4.69, 9.17) is 4.74 Å². The molecule has 0 saturated carbocycles. The summed E-state index contributed by atoms with van der Waals surface area (Å²) in [6, 6.07) is 1.98. The monoisotopic (exact) mass is 259 g/mol. The SMILES string of the molecule is COC(=O)[C@@H](SCCN(C)C)c1ccsc1. The second-order valence-electron chi connectivity index (χ2n) is 3.63. The number of carbonyl (C=O) groups excluding carboxylic acids is 1. The Morgan fingerprint density at radius 2 is 2.38 bits per heavy atom. The van der Waals surface area contributed by atoms with E-state index in [0.29, 0.717) is 0 Å². The molecule has 0 amide bonds. The van der Waals surface area contributed by atoms with E-state index in [1.165, 1.54) is 7.11 Å². The largest absolute Gasteiger partial charge is 0.468 e. The molecule has 0 N–H and O–H groups in total. The Hall–Kier alpha value is -0.520. The van der Waals surface area contributed by atoms with Crippen LogP contribution < -0.4 is 0 Å². The Bertz CT molecular complexity index is 312. The molecule has 5 heteroatoms. The van der Waals surface area contributed by atoms with Crippen molar-refractivity contribution in [3.05, 3.63) is 22.4 Å². The number of ether oxygens (including phenoxy) is 1. The van der Waals surface area contributed by atoms with Crippen LogP contribution in [-0.2, 0) is 9.53 Å². The average Bonchev–Trinajstić information content (AvgIpc) is 2.76. The summed E-state index contributed by atoms with van der Waals surface area (Å²) in [6.45, 7) is 0.961. The lowest BCUT2D eigenvalue weighted by Gasteiger charge is -2.15. The first kappa shape index (κ1) is 13.5. The molecular formula is C11H17NO2S2. The number of hydrogen-bond acceptors (Lipinski definition) is 5. The van der Waals surface area contributed by atoms with Crippen LogP contribution in [0.3, 0.4) is 0 Å². The zero-order valence-corrected chi connectivity index (χ0v) is 11.4. The molecule has 1 aromatic heterocycles. The van der Waals surface area contributed by atoms with Crippen LogP contribution in [0.25, 0.3) is 0 Å². The minimum absolute atomic E-state index is 0.165. The lowest BCUT2D eigenvalue weighted by Crippen LogP contribution is -2.17. The van der Waals surface area contributed by atoms with Crippen molar-refractivity contribution in [3.63, 3.8) is 0 Å². The number of thiophene rings is 1. The molecule has 0 saturated heterocycles. The second-order valence-corrected chi connectivity index (χ2v) is 5.63. The van der Waals surface area contributed by atoms with Gasteiger partial charge in [0.15, 0.2) is 0 Å². The van der Waals surface area contributed by atoms with Gasteiger partial charge in [0.2, 0.25) is 0 Å². The van der Waals surface area contributed by atoms with Gasteiger partial charge in [-0.05, 0) is 36.5 Å². The second kappa shape index (κ2) is 6.93. The van der Waals surface area contributed by atoms with Crippen LogP contribution in [0.2, 0.25) is 0 Å². The molecule has 0 aliphatic carbocycles. The van der Waals surface area contributed by atoms with Crippen LogP contribution in [0, 0.1) is 0 Å². The summed E-state index contributed by atoms with van der Waals surface area (Å²) in [5.74, 6) is 0.755. The smallest absolute Gasteiger partial charge is 0.323 e. The topological polar surface area (TPSA) is 29.5 Å². The maximum Gasteiger partial charge on any atom is 0.323 e. The van der Waals surface area contributed by atoms with Gasteiger partial charge in [-0.2, -0.15) is 11.3 Å². The predicted octanol–water partition coefficient (Wildman–Crippen LogP) is 2.26. The van der Waals surface area contributed by atoms with Crippen molar-refractivity contribution < 1.29 is 9.53 Å². The molecular weight excluding hydrogens is 242 g/mol. The summed E-state index contributed by atoms with van der Waals surface area (Å²) in [5, 5.41) is 3.80. The van der Waals surface area contributed by atoms with Gasteiger partial charge in [0.1, 0.15) is 5.25 Å². The van der Waals surface area contributed by atoms with E-state index in [9.17, 15) is 4.79 Å². The van der Waals surface area contributed by atoms with Crippen molar-refractivity contribution in [2.75, 3.05) is 33.5 Å². The normalized spacial score (nSPS) is 12.8. The fraction of sp³-hybridized carbons (Fsp3) is 0.545. The molecule has 0 aromatic carbocycles. The third-order valence-corrected chi connectivity index (χ3v) is 4.00. The third-order valence-electron chi connectivity index (χ3n) is 2.08. The van der Waals surface area contributed by atoms with E-state index in [1.807, 2.05) is 30.9 Å². The van der Waals surface area contributed by atoms with Gasteiger partial charge in [-0.1, -0.05) is 0 Å². The highest BCUT2D eigenvalue weighted by Crippen LogP contribution is 2.31. The van der Waals surface area contributed by atoms with E-state index in [1.54, 1.807) is 23.1 Å². The highest BCUT2D eigenvalue weighted by atomic mass is 32.2. The molecule has 90 valence electrons. The Labute approximate surface area is 105 Å². The number of nitrogens with zero attached hydrogens (tertiary/aromatic N) is 1. The Morgan fingerprint density at radius 3 is 2.88 bits per heavy atom. The van der Waals surface area contributed by atoms with Gasteiger partial charge in [0.25, 0.3) is 0 Å². The molecule has 1 rings (SSSR count). The van der Waals surface area contributed by atoms with Crippen molar-refractivity contribution in [1.82, 2.24) is 4.90 Å². The average molecular weight is 259 g/mol. The van der Waals surface area contributed by atoms with Crippen LogP contribution in [0.15, 0.2) is 16.8 Å². The van der Waals surface area contributed by atoms with E-state index < -0.39 is 0 Å². The summed E-state index contributed by atoms with van der Waals surface area (Å²) in [6.07, 6.45) is 0. The Morgan fingerprint density at radius 1 is 1.62 bits per heavy atom. The Kier molecular flexibility index (Phi) is 5.87. The number of carbonyl (C=O) groups is 1. The van der Waals surface area contributed by atoms with Gasteiger partial charge in [-0.3, -0.25) is 4.79 Å². The molecule has 0 spiro atoms. The molecule has 1 aromatic rings. The number of esters is 1. The molecule has 0 aliphatic rings.